The molecule has 2 aromatic heterocycles. The Kier molecular flexibility index (Phi) is 8.63. The van der Waals surface area contributed by atoms with Crippen LogP contribution in [0.25, 0.3) is 21.2 Å². The zero-order chi connectivity index (χ0) is 27.1. The van der Waals surface area contributed by atoms with Crippen molar-refractivity contribution in [3.05, 3.63) is 83.0 Å². The highest BCUT2D eigenvalue weighted by molar-refractivity contribution is 7.17. The number of pyridine rings is 1. The summed E-state index contributed by atoms with van der Waals surface area (Å²) in [6, 6.07) is 18.2. The highest BCUT2D eigenvalue weighted by Gasteiger charge is 2.16. The van der Waals surface area contributed by atoms with E-state index in [9.17, 15) is 9.59 Å². The van der Waals surface area contributed by atoms with E-state index in [1.54, 1.807) is 17.5 Å². The summed E-state index contributed by atoms with van der Waals surface area (Å²) in [6.07, 6.45) is 1.86. The summed E-state index contributed by atoms with van der Waals surface area (Å²) in [7, 11) is 0. The number of hydrogen-bond donors (Lipinski definition) is 1. The van der Waals surface area contributed by atoms with Crippen LogP contribution in [0.4, 0.5) is 4.79 Å². The Balaban J connectivity index is 1.52. The Bertz CT molecular complexity index is 1420. The zero-order valence-corrected chi connectivity index (χ0v) is 22.9. The fraction of sp³-hybridized carbons (Fsp3) is 0.300. The van der Waals surface area contributed by atoms with E-state index in [1.807, 2.05) is 57.2 Å². The number of nitrogens with zero attached hydrogens (tertiary/aromatic N) is 1. The van der Waals surface area contributed by atoms with Crippen LogP contribution in [0.3, 0.4) is 0 Å². The monoisotopic (exact) mass is 532 g/mol. The van der Waals surface area contributed by atoms with Crippen molar-refractivity contribution in [2.45, 2.75) is 52.9 Å². The summed E-state index contributed by atoms with van der Waals surface area (Å²) in [5.74, 6) is 0.479. The molecule has 0 aliphatic heterocycles. The summed E-state index contributed by atoms with van der Waals surface area (Å²) in [5, 5.41) is 6.00. The van der Waals surface area contributed by atoms with Crippen molar-refractivity contribution in [1.29, 1.82) is 0 Å². The van der Waals surface area contributed by atoms with Crippen molar-refractivity contribution in [3.8, 4) is 16.9 Å². The van der Waals surface area contributed by atoms with E-state index in [1.165, 1.54) is 6.92 Å². The third-order valence-electron chi connectivity index (χ3n) is 5.62. The number of rotatable bonds is 9. The number of carbonyl (C=O) groups excluding carboxylic acids is 2. The van der Waals surface area contributed by atoms with Crippen molar-refractivity contribution in [3.63, 3.8) is 0 Å². The van der Waals surface area contributed by atoms with E-state index in [4.69, 9.17) is 14.2 Å². The molecule has 198 valence electrons. The number of carbonyl (C=O) groups is 2. The fourth-order valence-corrected chi connectivity index (χ4v) is 4.86. The molecule has 7 nitrogen and oxygen atoms in total. The van der Waals surface area contributed by atoms with Gasteiger partial charge in [0.05, 0.1) is 18.8 Å². The minimum Gasteiger partial charge on any atom is -0.489 e. The molecule has 0 atom stereocenters. The topological polar surface area (TPSA) is 86.8 Å². The third kappa shape index (κ3) is 7.55. The second-order valence-corrected chi connectivity index (χ2v) is 10.8. The number of fused-ring (bicyclic) bond motifs is 1. The number of benzene rings is 2. The molecule has 0 bridgehead atoms. The number of amides is 1. The predicted octanol–water partition coefficient (Wildman–Crippen LogP) is 6.67. The molecule has 0 radical (unpaired) electrons. The van der Waals surface area contributed by atoms with Crippen LogP contribution in [0.15, 0.2) is 66.2 Å². The normalized spacial score (nSPS) is 11.3. The van der Waals surface area contributed by atoms with Crippen LogP contribution in [0, 0.1) is 0 Å². The molecule has 0 aliphatic carbocycles. The Hall–Kier alpha value is -3.91. The van der Waals surface area contributed by atoms with Crippen molar-refractivity contribution in [1.82, 2.24) is 10.3 Å². The summed E-state index contributed by atoms with van der Waals surface area (Å²) >= 11 is 1.68. The fourth-order valence-electron chi connectivity index (χ4n) is 3.99. The lowest BCUT2D eigenvalue weighted by Gasteiger charge is -2.19. The van der Waals surface area contributed by atoms with Gasteiger partial charge >= 0.3 is 12.1 Å². The van der Waals surface area contributed by atoms with Gasteiger partial charge in [0.25, 0.3) is 0 Å². The van der Waals surface area contributed by atoms with Crippen LogP contribution in [-0.4, -0.2) is 29.3 Å². The van der Waals surface area contributed by atoms with Crippen molar-refractivity contribution in [2.24, 2.45) is 0 Å². The van der Waals surface area contributed by atoms with Crippen molar-refractivity contribution < 1.29 is 23.8 Å². The van der Waals surface area contributed by atoms with E-state index in [2.05, 4.69) is 33.9 Å². The first-order valence-electron chi connectivity index (χ1n) is 12.4. The van der Waals surface area contributed by atoms with E-state index in [-0.39, 0.29) is 12.5 Å². The Labute approximate surface area is 226 Å². The number of aromatic nitrogens is 1. The zero-order valence-electron chi connectivity index (χ0n) is 22.1. The van der Waals surface area contributed by atoms with Gasteiger partial charge in [-0.3, -0.25) is 9.78 Å². The summed E-state index contributed by atoms with van der Waals surface area (Å²) in [6.45, 7) is 7.87. The maximum Gasteiger partial charge on any atom is 0.407 e. The van der Waals surface area contributed by atoms with Crippen LogP contribution >= 0.6 is 11.3 Å². The van der Waals surface area contributed by atoms with E-state index < -0.39 is 11.7 Å². The molecule has 4 aromatic rings. The number of para-hydroxylation sites is 1. The largest absolute Gasteiger partial charge is 0.489 e. The minimum atomic E-state index is -0.560. The summed E-state index contributed by atoms with van der Waals surface area (Å²) < 4.78 is 17.8. The maximum absolute atomic E-state index is 12.1. The predicted molar refractivity (Wildman–Crippen MR) is 149 cm³/mol. The smallest absolute Gasteiger partial charge is 0.407 e. The molecule has 2 aromatic carbocycles. The van der Waals surface area contributed by atoms with Crippen LogP contribution in [-0.2, 0) is 33.8 Å². The van der Waals surface area contributed by atoms with Gasteiger partial charge in [0.1, 0.15) is 18.0 Å². The van der Waals surface area contributed by atoms with E-state index >= 15 is 0 Å². The lowest BCUT2D eigenvalue weighted by Crippen LogP contribution is -2.32. The maximum atomic E-state index is 12.1. The van der Waals surface area contributed by atoms with Crippen LogP contribution < -0.4 is 10.1 Å². The average molecular weight is 533 g/mol. The van der Waals surface area contributed by atoms with Gasteiger partial charge in [-0.2, -0.15) is 0 Å². The Morgan fingerprint density at radius 2 is 1.87 bits per heavy atom. The van der Waals surface area contributed by atoms with Crippen LogP contribution in [0.2, 0.25) is 0 Å². The van der Waals surface area contributed by atoms with Gasteiger partial charge in [0.15, 0.2) is 0 Å². The lowest BCUT2D eigenvalue weighted by atomic mass is 9.99. The van der Waals surface area contributed by atoms with E-state index in [0.29, 0.717) is 19.6 Å². The third-order valence-corrected chi connectivity index (χ3v) is 6.48. The van der Waals surface area contributed by atoms with Gasteiger partial charge in [0, 0.05) is 29.6 Å². The van der Waals surface area contributed by atoms with Gasteiger partial charge in [-0.05, 0) is 84.8 Å². The van der Waals surface area contributed by atoms with Gasteiger partial charge in [-0.1, -0.05) is 18.2 Å². The lowest BCUT2D eigenvalue weighted by molar-refractivity contribution is -0.140. The molecule has 0 fully saturated rings. The molecule has 1 amide bonds. The highest BCUT2D eigenvalue weighted by atomic mass is 32.1. The Morgan fingerprint density at radius 3 is 2.66 bits per heavy atom. The van der Waals surface area contributed by atoms with Gasteiger partial charge in [-0.25, -0.2) is 4.79 Å². The molecule has 1 N–H and O–H groups in total. The first-order valence-corrected chi connectivity index (χ1v) is 13.3. The van der Waals surface area contributed by atoms with Crippen LogP contribution in [0.1, 0.15) is 44.5 Å². The number of hydrogen-bond acceptors (Lipinski definition) is 7. The molecule has 4 rings (SSSR count). The second kappa shape index (κ2) is 12.1. The number of ether oxygens (including phenoxy) is 3. The molecule has 0 unspecified atom stereocenters. The Morgan fingerprint density at radius 1 is 1.05 bits per heavy atom. The van der Waals surface area contributed by atoms with Crippen molar-refractivity contribution in [2.75, 3.05) is 6.61 Å². The quantitative estimate of drug-likeness (QED) is 0.242. The number of thiophene rings is 1. The molecule has 0 saturated heterocycles. The molecule has 2 heterocycles. The van der Waals surface area contributed by atoms with Gasteiger partial charge < -0.3 is 19.5 Å². The molecule has 38 heavy (non-hydrogen) atoms. The number of nitrogens with one attached hydrogen (secondary N) is 1. The van der Waals surface area contributed by atoms with Gasteiger partial charge in [0.2, 0.25) is 0 Å². The molecule has 8 heteroatoms. The second-order valence-electron chi connectivity index (χ2n) is 9.85. The highest BCUT2D eigenvalue weighted by Crippen LogP contribution is 2.34. The van der Waals surface area contributed by atoms with Crippen LogP contribution in [0.5, 0.6) is 5.75 Å². The number of esters is 1. The SMILES string of the molecule is CC(=O)OCCc1ccccc1OCc1cc(-c2ccnc(CNC(=O)OC(C)(C)C)c2)c2ccsc2c1. The average Bonchev–Trinajstić information content (AvgIpc) is 3.34. The van der Waals surface area contributed by atoms with Gasteiger partial charge in [-0.15, -0.1) is 11.3 Å². The first-order chi connectivity index (χ1) is 18.2. The molecular formula is C30H32N2O5S. The summed E-state index contributed by atoms with van der Waals surface area (Å²) in [5.41, 5.74) is 4.28. The van der Waals surface area contributed by atoms with Crippen molar-refractivity contribution >= 4 is 33.5 Å². The van der Waals surface area contributed by atoms with E-state index in [0.717, 1.165) is 43.8 Å². The first kappa shape index (κ1) is 27.1. The molecule has 0 saturated carbocycles. The number of alkyl carbamates (subject to hydrolysis) is 1. The molecular weight excluding hydrogens is 500 g/mol. The molecule has 0 spiro atoms. The standard InChI is InChI=1S/C30H32N2O5S/c1-20(33)35-13-10-22-7-5-6-8-27(22)36-19-21-15-26(25-11-14-38-28(25)16-21)23-9-12-31-24(17-23)18-32-29(34)37-30(2,3)4/h5-9,11-12,14-17H,10,13,18-19H2,1-4H3,(H,32,34). The summed E-state index contributed by atoms with van der Waals surface area (Å²) in [4.78, 5) is 27.6. The minimum absolute atomic E-state index is 0.266. The molecule has 0 aliphatic rings.